The van der Waals surface area contributed by atoms with Gasteiger partial charge in [0.05, 0.1) is 13.7 Å². The zero-order valence-corrected chi connectivity index (χ0v) is 16.3. The molecule has 0 bridgehead atoms. The maximum atomic E-state index is 10.9. The van der Waals surface area contributed by atoms with Gasteiger partial charge in [-0.25, -0.2) is 4.79 Å². The van der Waals surface area contributed by atoms with Crippen LogP contribution < -0.4 is 14.2 Å². The van der Waals surface area contributed by atoms with Gasteiger partial charge in [-0.1, -0.05) is 26.0 Å². The highest BCUT2D eigenvalue weighted by molar-refractivity contribution is 5.74. The molecule has 7 nitrogen and oxygen atoms in total. The summed E-state index contributed by atoms with van der Waals surface area (Å²) in [5, 5.41) is 17.8. The number of aliphatic hydroxyl groups excluding tert-OH is 1. The number of carboxylic acids is 1. The largest absolute Gasteiger partial charge is 0.497 e. The molecule has 0 fully saturated rings. The molecule has 2 N–H and O–H groups in total. The molecule has 0 saturated carbocycles. The van der Waals surface area contributed by atoms with Crippen molar-refractivity contribution in [2.24, 2.45) is 0 Å². The van der Waals surface area contributed by atoms with E-state index in [1.807, 2.05) is 6.92 Å². The van der Waals surface area contributed by atoms with E-state index < -0.39 is 12.1 Å². The van der Waals surface area contributed by atoms with Crippen molar-refractivity contribution in [3.63, 3.8) is 0 Å². The van der Waals surface area contributed by atoms with E-state index >= 15 is 0 Å². The first kappa shape index (κ1) is 23.0. The van der Waals surface area contributed by atoms with Gasteiger partial charge in [-0.05, 0) is 48.4 Å². The van der Waals surface area contributed by atoms with Crippen molar-refractivity contribution in [1.82, 2.24) is 0 Å². The zero-order valence-electron chi connectivity index (χ0n) is 16.3. The van der Waals surface area contributed by atoms with E-state index in [4.69, 9.17) is 19.3 Å². The van der Waals surface area contributed by atoms with E-state index in [0.717, 1.165) is 12.2 Å². The number of hydrogen-bond donors (Lipinski definition) is 2. The summed E-state index contributed by atoms with van der Waals surface area (Å²) in [6, 6.07) is 13.3. The number of aliphatic hydroxyl groups is 1. The van der Waals surface area contributed by atoms with Crippen LogP contribution in [0.25, 0.3) is 0 Å². The molecule has 0 saturated heterocycles. The topological polar surface area (TPSA) is 102 Å². The first-order valence-corrected chi connectivity index (χ1v) is 8.89. The second-order valence-electron chi connectivity index (χ2n) is 5.66. The first-order chi connectivity index (χ1) is 13.4. The lowest BCUT2D eigenvalue weighted by Crippen LogP contribution is -2.10. The Morgan fingerprint density at radius 2 is 1.46 bits per heavy atom. The number of ether oxygens (including phenoxy) is 3. The Labute approximate surface area is 164 Å². The standard InChI is InChI=1S/C11H14O4.C10H12O3/c1-2-7-15-9-5-3-8(4-6-9)10(12)11(13)14;1-3-10(11)13-9-6-4-8(12-2)5-7-9/h3-6,10,12H,2,7H2,1H3,(H,13,14);4-7H,3H2,1-2H3. The predicted molar refractivity (Wildman–Crippen MR) is 104 cm³/mol. The number of rotatable bonds is 8. The zero-order chi connectivity index (χ0) is 20.9. The van der Waals surface area contributed by atoms with E-state index in [0.29, 0.717) is 30.1 Å². The van der Waals surface area contributed by atoms with Crippen LogP contribution in [0.4, 0.5) is 0 Å². The highest BCUT2D eigenvalue weighted by Crippen LogP contribution is 2.18. The fraction of sp³-hybridized carbons (Fsp3) is 0.333. The van der Waals surface area contributed by atoms with Crippen molar-refractivity contribution in [2.75, 3.05) is 13.7 Å². The summed E-state index contributed by atoms with van der Waals surface area (Å²) in [5.74, 6) is 0.490. The van der Waals surface area contributed by atoms with Crippen molar-refractivity contribution in [2.45, 2.75) is 32.8 Å². The summed E-state index contributed by atoms with van der Waals surface area (Å²) in [4.78, 5) is 21.4. The molecule has 1 unspecified atom stereocenters. The summed E-state index contributed by atoms with van der Waals surface area (Å²) in [6.45, 7) is 4.38. The van der Waals surface area contributed by atoms with Crippen molar-refractivity contribution >= 4 is 11.9 Å². The quantitative estimate of drug-likeness (QED) is 0.524. The minimum atomic E-state index is -1.47. The van der Waals surface area contributed by atoms with Crippen molar-refractivity contribution < 1.29 is 34.0 Å². The van der Waals surface area contributed by atoms with Crippen LogP contribution in [-0.4, -0.2) is 35.9 Å². The maximum absolute atomic E-state index is 10.9. The van der Waals surface area contributed by atoms with Crippen LogP contribution in [0.15, 0.2) is 48.5 Å². The van der Waals surface area contributed by atoms with Gasteiger partial charge in [0.1, 0.15) is 17.2 Å². The number of methoxy groups -OCH3 is 1. The number of carboxylic acid groups (broad SMARTS) is 1. The van der Waals surface area contributed by atoms with E-state index in [1.165, 1.54) is 0 Å². The minimum absolute atomic E-state index is 0.231. The predicted octanol–water partition coefficient (Wildman–Crippen LogP) is 3.60. The molecule has 0 aromatic heterocycles. The van der Waals surface area contributed by atoms with Gasteiger partial charge < -0.3 is 24.4 Å². The van der Waals surface area contributed by atoms with E-state index in [2.05, 4.69) is 0 Å². The normalized spacial score (nSPS) is 10.9. The Bertz CT molecular complexity index is 723. The molecule has 7 heteroatoms. The Kier molecular flexibility index (Phi) is 10.1. The van der Waals surface area contributed by atoms with E-state index in [9.17, 15) is 14.7 Å². The number of aliphatic carboxylic acids is 1. The number of carbonyl (C=O) groups excluding carboxylic acids is 1. The maximum Gasteiger partial charge on any atom is 0.337 e. The SMILES string of the molecule is CCC(=O)Oc1ccc(OC)cc1.CCCOc1ccc(C(O)C(=O)O)cc1. The van der Waals surface area contributed by atoms with Crippen LogP contribution >= 0.6 is 0 Å². The number of benzene rings is 2. The van der Waals surface area contributed by atoms with Crippen molar-refractivity contribution in [3.05, 3.63) is 54.1 Å². The molecule has 0 amide bonds. The molecule has 0 aliphatic rings. The lowest BCUT2D eigenvalue weighted by atomic mass is 10.1. The van der Waals surface area contributed by atoms with Gasteiger partial charge in [0.25, 0.3) is 0 Å². The molecule has 0 radical (unpaired) electrons. The molecular formula is C21H26O7. The van der Waals surface area contributed by atoms with Crippen LogP contribution in [0.2, 0.25) is 0 Å². The van der Waals surface area contributed by atoms with Gasteiger partial charge in [-0.15, -0.1) is 0 Å². The lowest BCUT2D eigenvalue weighted by molar-refractivity contribution is -0.147. The van der Waals surface area contributed by atoms with Crippen LogP contribution in [0, 0.1) is 0 Å². The molecule has 2 rings (SSSR count). The van der Waals surface area contributed by atoms with Gasteiger partial charge in [0, 0.05) is 6.42 Å². The third-order valence-corrected chi connectivity index (χ3v) is 3.48. The summed E-state index contributed by atoms with van der Waals surface area (Å²) in [7, 11) is 1.59. The molecule has 0 aliphatic carbocycles. The molecule has 2 aromatic rings. The monoisotopic (exact) mass is 390 g/mol. The molecule has 28 heavy (non-hydrogen) atoms. The second-order valence-corrected chi connectivity index (χ2v) is 5.66. The summed E-state index contributed by atoms with van der Waals surface area (Å²) < 4.78 is 15.2. The molecule has 152 valence electrons. The Balaban J connectivity index is 0.000000283. The van der Waals surface area contributed by atoms with Crippen LogP contribution in [0.1, 0.15) is 38.4 Å². The van der Waals surface area contributed by atoms with Gasteiger partial charge in [0.2, 0.25) is 0 Å². The average molecular weight is 390 g/mol. The van der Waals surface area contributed by atoms with Crippen molar-refractivity contribution in [1.29, 1.82) is 0 Å². The summed E-state index contributed by atoms with van der Waals surface area (Å²) in [5.41, 5.74) is 0.353. The smallest absolute Gasteiger partial charge is 0.337 e. The van der Waals surface area contributed by atoms with Gasteiger partial charge in [0.15, 0.2) is 6.10 Å². The molecule has 1 atom stereocenters. The number of esters is 1. The molecule has 0 heterocycles. The molecule has 0 spiro atoms. The van der Waals surface area contributed by atoms with Crippen molar-refractivity contribution in [3.8, 4) is 17.2 Å². The third kappa shape index (κ3) is 8.09. The fourth-order valence-corrected chi connectivity index (χ4v) is 1.96. The fourth-order valence-electron chi connectivity index (χ4n) is 1.96. The third-order valence-electron chi connectivity index (χ3n) is 3.48. The Morgan fingerprint density at radius 3 is 1.93 bits per heavy atom. The van der Waals surface area contributed by atoms with Crippen LogP contribution in [0.5, 0.6) is 17.2 Å². The minimum Gasteiger partial charge on any atom is -0.497 e. The van der Waals surface area contributed by atoms with Gasteiger partial charge in [-0.3, -0.25) is 4.79 Å². The number of carbonyl (C=O) groups is 2. The Hall–Kier alpha value is -3.06. The number of hydrogen-bond acceptors (Lipinski definition) is 6. The van der Waals surface area contributed by atoms with E-state index in [-0.39, 0.29) is 5.97 Å². The molecule has 2 aromatic carbocycles. The molecular weight excluding hydrogens is 364 g/mol. The van der Waals surface area contributed by atoms with Gasteiger partial charge >= 0.3 is 11.9 Å². The highest BCUT2D eigenvalue weighted by atomic mass is 16.5. The second kappa shape index (κ2) is 12.3. The lowest BCUT2D eigenvalue weighted by Gasteiger charge is -2.07. The van der Waals surface area contributed by atoms with Gasteiger partial charge in [-0.2, -0.15) is 0 Å². The average Bonchev–Trinajstić information content (AvgIpc) is 2.73. The van der Waals surface area contributed by atoms with Crippen LogP contribution in [-0.2, 0) is 9.59 Å². The highest BCUT2D eigenvalue weighted by Gasteiger charge is 2.15. The summed E-state index contributed by atoms with van der Waals surface area (Å²) in [6.07, 6.45) is -0.170. The van der Waals surface area contributed by atoms with E-state index in [1.54, 1.807) is 62.6 Å². The first-order valence-electron chi connectivity index (χ1n) is 8.89. The van der Waals surface area contributed by atoms with Crippen LogP contribution in [0.3, 0.4) is 0 Å². The Morgan fingerprint density at radius 1 is 0.929 bits per heavy atom. The molecule has 0 aliphatic heterocycles. The summed E-state index contributed by atoms with van der Waals surface area (Å²) >= 11 is 0.